The molecule has 45 heavy (non-hydrogen) atoms. The maximum Gasteiger partial charge on any atom is 0.322 e. The van der Waals surface area contributed by atoms with Crippen molar-refractivity contribution in [1.82, 2.24) is 0 Å². The molecular formula is C37H64O6Si2. The molecule has 2 unspecified atom stereocenters. The summed E-state index contributed by atoms with van der Waals surface area (Å²) in [7, 11) is -3.80. The van der Waals surface area contributed by atoms with Gasteiger partial charge in [-0.2, -0.15) is 0 Å². The van der Waals surface area contributed by atoms with Crippen molar-refractivity contribution in [2.24, 2.45) is 5.41 Å². The molecular weight excluding hydrogens is 597 g/mol. The maximum absolute atomic E-state index is 13.8. The second-order valence-electron chi connectivity index (χ2n) is 13.5. The van der Waals surface area contributed by atoms with Gasteiger partial charge in [-0.1, -0.05) is 143 Å². The molecule has 0 aliphatic rings. The first-order valence-corrected chi connectivity index (χ1v) is 23.5. The van der Waals surface area contributed by atoms with Crippen LogP contribution in [0.5, 0.6) is 0 Å². The van der Waals surface area contributed by atoms with Crippen LogP contribution in [0.25, 0.3) is 0 Å². The van der Waals surface area contributed by atoms with E-state index in [1.54, 1.807) is 12.5 Å². The van der Waals surface area contributed by atoms with Gasteiger partial charge in [-0.15, -0.1) is 0 Å². The Labute approximate surface area is 275 Å². The molecule has 0 aliphatic carbocycles. The summed E-state index contributed by atoms with van der Waals surface area (Å²) < 4.78 is 12.6. The predicted molar refractivity (Wildman–Crippen MR) is 192 cm³/mol. The maximum atomic E-state index is 13.8. The van der Waals surface area contributed by atoms with Crippen LogP contribution in [0.4, 0.5) is 0 Å². The molecule has 0 radical (unpaired) electrons. The summed E-state index contributed by atoms with van der Waals surface area (Å²) in [4.78, 5) is 27.6. The number of carbonyl (C=O) groups is 2. The summed E-state index contributed by atoms with van der Waals surface area (Å²) >= 11 is 0. The Balaban J connectivity index is 2.87. The van der Waals surface area contributed by atoms with Gasteiger partial charge in [0.15, 0.2) is 5.41 Å². The first-order valence-electron chi connectivity index (χ1n) is 18.2. The number of hydrogen-bond acceptors (Lipinski definition) is 4. The Hall–Kier alpha value is -2.07. The lowest BCUT2D eigenvalue weighted by Crippen LogP contribution is -2.50. The first-order chi connectivity index (χ1) is 21.6. The Morgan fingerprint density at radius 1 is 0.600 bits per heavy atom. The van der Waals surface area contributed by atoms with Crippen LogP contribution in [0.1, 0.15) is 143 Å². The van der Waals surface area contributed by atoms with Crippen LogP contribution in [0.15, 0.2) is 33.5 Å². The Morgan fingerprint density at radius 2 is 0.933 bits per heavy atom. The van der Waals surface area contributed by atoms with Gasteiger partial charge in [0.1, 0.15) is 16.1 Å². The molecule has 0 saturated carbocycles. The van der Waals surface area contributed by atoms with Gasteiger partial charge in [-0.05, 0) is 36.1 Å². The lowest BCUT2D eigenvalue weighted by Gasteiger charge is -2.39. The molecule has 0 bridgehead atoms. The molecule has 2 heterocycles. The number of carboxylic acids is 2. The SMILES string of the molecule is CCCCCCC(c1coc([Si](CC)(CC)CC)c1)C(C(=O)O)(C(=O)O)C(CCCCCC)c1coc([Si](CC)(CC)CC)c1. The number of rotatable bonds is 24. The zero-order chi connectivity index (χ0) is 33.7. The zero-order valence-corrected chi connectivity index (χ0v) is 31.8. The predicted octanol–water partition coefficient (Wildman–Crippen LogP) is 10.3. The standard InChI is InChI=1S/C37H64O6Si2/c1-9-17-19-21-23-31(29-25-33(42-27-29)44(11-3,12-4)13-5)37(35(38)39,36(40)41)32(24-22-20-18-10-2)30-26-34(43-28-30)45(14-6,15-7)16-8/h25-28,31-32H,9-24H2,1-8H3,(H,38,39)(H,40,41). The van der Waals surface area contributed by atoms with Gasteiger partial charge in [-0.25, -0.2) is 0 Å². The third-order valence-electron chi connectivity index (χ3n) is 11.7. The van der Waals surface area contributed by atoms with Crippen molar-refractivity contribution in [3.63, 3.8) is 0 Å². The van der Waals surface area contributed by atoms with E-state index >= 15 is 0 Å². The highest BCUT2D eigenvalue weighted by Gasteiger charge is 2.59. The molecule has 2 aromatic rings. The van der Waals surface area contributed by atoms with Gasteiger partial charge in [0.05, 0.1) is 23.3 Å². The van der Waals surface area contributed by atoms with Crippen molar-refractivity contribution in [1.29, 1.82) is 0 Å². The molecule has 2 aromatic heterocycles. The van der Waals surface area contributed by atoms with Crippen molar-refractivity contribution >= 4 is 38.9 Å². The Bertz CT molecular complexity index is 1050. The van der Waals surface area contributed by atoms with E-state index < -0.39 is 45.3 Å². The van der Waals surface area contributed by atoms with E-state index in [4.69, 9.17) is 8.83 Å². The van der Waals surface area contributed by atoms with Crippen molar-refractivity contribution < 1.29 is 28.6 Å². The minimum atomic E-state index is -2.05. The summed E-state index contributed by atoms with van der Waals surface area (Å²) in [5, 5.41) is 24.4. The number of furan rings is 2. The molecule has 0 spiro atoms. The minimum absolute atomic E-state index is 0.490. The summed E-state index contributed by atoms with van der Waals surface area (Å²) in [6.07, 6.45) is 12.0. The van der Waals surface area contributed by atoms with E-state index in [1.165, 1.54) is 0 Å². The molecule has 8 heteroatoms. The number of hydrogen-bond donors (Lipinski definition) is 2. The molecule has 0 aliphatic heterocycles. The van der Waals surface area contributed by atoms with Gasteiger partial charge in [-0.3, -0.25) is 9.59 Å². The van der Waals surface area contributed by atoms with Crippen LogP contribution in [-0.2, 0) is 9.59 Å². The number of carboxylic acid groups (broad SMARTS) is 2. The highest BCUT2D eigenvalue weighted by atomic mass is 28.3. The second kappa shape index (κ2) is 18.3. The fourth-order valence-electron chi connectivity index (χ4n) is 7.96. The van der Waals surface area contributed by atoms with E-state index in [1.807, 2.05) is 0 Å². The summed E-state index contributed by atoms with van der Waals surface area (Å²) in [5.41, 5.74) is -0.579. The Kier molecular flexibility index (Phi) is 15.9. The molecule has 2 atom stereocenters. The molecule has 6 nitrogen and oxygen atoms in total. The first kappa shape index (κ1) is 39.1. The topological polar surface area (TPSA) is 101 Å². The average molecular weight is 661 g/mol. The normalized spacial score (nSPS) is 14.0. The van der Waals surface area contributed by atoms with Crippen LogP contribution in [0.3, 0.4) is 0 Å². The third-order valence-corrected chi connectivity index (χ3v) is 22.4. The van der Waals surface area contributed by atoms with Gasteiger partial charge >= 0.3 is 11.9 Å². The highest BCUT2D eigenvalue weighted by molar-refractivity contribution is 6.91. The van der Waals surface area contributed by atoms with E-state index in [2.05, 4.69) is 67.5 Å². The molecule has 2 rings (SSSR count). The van der Waals surface area contributed by atoms with Crippen molar-refractivity contribution in [3.8, 4) is 0 Å². The van der Waals surface area contributed by atoms with Crippen LogP contribution in [-0.4, -0.2) is 38.3 Å². The summed E-state index contributed by atoms with van der Waals surface area (Å²) in [6, 6.07) is 10.3. The number of aliphatic carboxylic acids is 2. The fourth-order valence-corrected chi connectivity index (χ4v) is 14.6. The fraction of sp³-hybridized carbons (Fsp3) is 0.730. The van der Waals surface area contributed by atoms with Gasteiger partial charge in [0.25, 0.3) is 0 Å². The van der Waals surface area contributed by atoms with Crippen LogP contribution in [0, 0.1) is 5.41 Å². The third kappa shape index (κ3) is 8.27. The van der Waals surface area contributed by atoms with E-state index in [-0.39, 0.29) is 0 Å². The van der Waals surface area contributed by atoms with Gasteiger partial charge < -0.3 is 19.0 Å². The summed E-state index contributed by atoms with van der Waals surface area (Å²) in [5.74, 6) is -3.95. The minimum Gasteiger partial charge on any atom is -0.480 e. The molecule has 0 amide bonds. The van der Waals surface area contributed by atoms with Crippen LogP contribution >= 0.6 is 0 Å². The largest absolute Gasteiger partial charge is 0.480 e. The van der Waals surface area contributed by atoms with Crippen LogP contribution < -0.4 is 10.8 Å². The lowest BCUT2D eigenvalue weighted by molar-refractivity contribution is -0.169. The monoisotopic (exact) mass is 660 g/mol. The molecule has 0 saturated heterocycles. The Morgan fingerprint density at radius 3 is 1.20 bits per heavy atom. The highest BCUT2D eigenvalue weighted by Crippen LogP contribution is 2.52. The van der Waals surface area contributed by atoms with E-state index in [0.717, 1.165) is 110 Å². The lowest BCUT2D eigenvalue weighted by atomic mass is 9.60. The average Bonchev–Trinajstić information content (AvgIpc) is 3.73. The quantitative estimate of drug-likeness (QED) is 0.0660. The molecule has 2 N–H and O–H groups in total. The van der Waals surface area contributed by atoms with E-state index in [9.17, 15) is 19.8 Å². The molecule has 0 fully saturated rings. The molecule has 0 aromatic carbocycles. The summed E-state index contributed by atoms with van der Waals surface area (Å²) in [6.45, 7) is 17.6. The van der Waals surface area contributed by atoms with Crippen molar-refractivity contribution in [3.05, 3.63) is 35.8 Å². The van der Waals surface area contributed by atoms with Gasteiger partial charge in [0, 0.05) is 11.8 Å². The van der Waals surface area contributed by atoms with Gasteiger partial charge in [0.2, 0.25) is 0 Å². The smallest absolute Gasteiger partial charge is 0.322 e. The van der Waals surface area contributed by atoms with Crippen molar-refractivity contribution in [2.45, 2.75) is 168 Å². The zero-order valence-electron chi connectivity index (χ0n) is 29.8. The second-order valence-corrected chi connectivity index (χ2v) is 23.8. The van der Waals surface area contributed by atoms with E-state index in [0.29, 0.717) is 12.8 Å². The van der Waals surface area contributed by atoms with Crippen molar-refractivity contribution in [2.75, 3.05) is 0 Å². The van der Waals surface area contributed by atoms with Crippen LogP contribution in [0.2, 0.25) is 36.3 Å². The number of unbranched alkanes of at least 4 members (excludes halogenated alkanes) is 6. The molecule has 256 valence electrons.